The summed E-state index contributed by atoms with van der Waals surface area (Å²) in [6.45, 7) is 5.06. The molecule has 1 atom stereocenters. The Kier molecular flexibility index (Phi) is 6.18. The van der Waals surface area contributed by atoms with Gasteiger partial charge in [-0.1, -0.05) is 49.9 Å². The summed E-state index contributed by atoms with van der Waals surface area (Å²) in [6.07, 6.45) is 3.53. The van der Waals surface area contributed by atoms with E-state index in [2.05, 4.69) is 48.3 Å². The zero-order chi connectivity index (χ0) is 21.1. The SMILES string of the molecule is CC(C)c1ccc(-n2cnnc2SCC(=O)N2CCCC2c2ccc(F)cc2)cc1. The average molecular weight is 425 g/mol. The van der Waals surface area contributed by atoms with Gasteiger partial charge in [0.15, 0.2) is 5.16 Å². The van der Waals surface area contributed by atoms with Crippen molar-refractivity contribution < 1.29 is 9.18 Å². The average Bonchev–Trinajstić information content (AvgIpc) is 3.42. The number of rotatable bonds is 6. The van der Waals surface area contributed by atoms with E-state index >= 15 is 0 Å². The standard InChI is InChI=1S/C23H25FN4OS/c1-16(2)17-7-11-20(12-8-17)28-15-25-26-23(28)30-14-22(29)27-13-3-4-21(27)18-5-9-19(24)10-6-18/h5-12,15-16,21H,3-4,13-14H2,1-2H3. The molecule has 0 bridgehead atoms. The maximum Gasteiger partial charge on any atom is 0.233 e. The minimum Gasteiger partial charge on any atom is -0.335 e. The molecule has 4 rings (SSSR count). The predicted octanol–water partition coefficient (Wildman–Crippen LogP) is 4.99. The molecule has 0 saturated carbocycles. The number of likely N-dealkylation sites (tertiary alicyclic amines) is 1. The van der Waals surface area contributed by atoms with Crippen LogP contribution < -0.4 is 0 Å². The molecule has 0 aliphatic carbocycles. The van der Waals surface area contributed by atoms with Crippen molar-refractivity contribution in [2.45, 2.75) is 43.8 Å². The van der Waals surface area contributed by atoms with Gasteiger partial charge in [-0.05, 0) is 54.2 Å². The fraction of sp³-hybridized carbons (Fsp3) is 0.348. The van der Waals surface area contributed by atoms with Gasteiger partial charge in [-0.15, -0.1) is 10.2 Å². The van der Waals surface area contributed by atoms with Gasteiger partial charge in [-0.25, -0.2) is 4.39 Å². The Morgan fingerprint density at radius 1 is 1.17 bits per heavy atom. The van der Waals surface area contributed by atoms with E-state index < -0.39 is 0 Å². The molecule has 0 spiro atoms. The number of hydrogen-bond donors (Lipinski definition) is 0. The second kappa shape index (κ2) is 9.00. The van der Waals surface area contributed by atoms with Gasteiger partial charge in [0.25, 0.3) is 0 Å². The minimum absolute atomic E-state index is 0.0140. The molecule has 3 aromatic rings. The van der Waals surface area contributed by atoms with Crippen molar-refractivity contribution in [3.05, 3.63) is 71.8 Å². The second-order valence-electron chi connectivity index (χ2n) is 7.82. The summed E-state index contributed by atoms with van der Waals surface area (Å²) in [7, 11) is 0. The topological polar surface area (TPSA) is 51.0 Å². The first-order chi connectivity index (χ1) is 14.5. The number of halogens is 1. The molecule has 1 aromatic heterocycles. The Bertz CT molecular complexity index is 1000. The van der Waals surface area contributed by atoms with E-state index in [1.807, 2.05) is 9.47 Å². The molecule has 1 unspecified atom stereocenters. The summed E-state index contributed by atoms with van der Waals surface area (Å²) < 4.78 is 15.2. The van der Waals surface area contributed by atoms with Gasteiger partial charge >= 0.3 is 0 Å². The van der Waals surface area contributed by atoms with Crippen LogP contribution in [0, 0.1) is 5.82 Å². The number of aromatic nitrogens is 3. The maximum absolute atomic E-state index is 13.2. The number of carbonyl (C=O) groups is 1. The molecule has 1 aliphatic heterocycles. The van der Waals surface area contributed by atoms with Crippen molar-refractivity contribution in [3.8, 4) is 5.69 Å². The van der Waals surface area contributed by atoms with Crippen LogP contribution in [0.4, 0.5) is 4.39 Å². The molecule has 2 aromatic carbocycles. The fourth-order valence-electron chi connectivity index (χ4n) is 3.83. The third-order valence-corrected chi connectivity index (χ3v) is 6.43. The Labute approximate surface area is 180 Å². The van der Waals surface area contributed by atoms with Gasteiger partial charge in [-0.2, -0.15) is 0 Å². The van der Waals surface area contributed by atoms with Crippen LogP contribution in [0.5, 0.6) is 0 Å². The monoisotopic (exact) mass is 424 g/mol. The van der Waals surface area contributed by atoms with Gasteiger partial charge in [-0.3, -0.25) is 9.36 Å². The van der Waals surface area contributed by atoms with Crippen molar-refractivity contribution in [3.63, 3.8) is 0 Å². The third-order valence-electron chi connectivity index (χ3n) is 5.51. The molecule has 7 heteroatoms. The van der Waals surface area contributed by atoms with E-state index in [0.717, 1.165) is 30.6 Å². The summed E-state index contributed by atoms with van der Waals surface area (Å²) in [6, 6.07) is 14.8. The lowest BCUT2D eigenvalue weighted by Crippen LogP contribution is -2.32. The Morgan fingerprint density at radius 3 is 2.60 bits per heavy atom. The molecular formula is C23H25FN4OS. The molecule has 5 nitrogen and oxygen atoms in total. The molecule has 0 N–H and O–H groups in total. The summed E-state index contributed by atoms with van der Waals surface area (Å²) >= 11 is 1.39. The first-order valence-corrected chi connectivity index (χ1v) is 11.2. The maximum atomic E-state index is 13.2. The molecule has 0 radical (unpaired) electrons. The lowest BCUT2D eigenvalue weighted by molar-refractivity contribution is -0.129. The molecule has 30 heavy (non-hydrogen) atoms. The number of amides is 1. The van der Waals surface area contributed by atoms with Crippen LogP contribution in [-0.2, 0) is 4.79 Å². The first kappa shape index (κ1) is 20.6. The highest BCUT2D eigenvalue weighted by atomic mass is 32.2. The molecule has 1 aliphatic rings. The lowest BCUT2D eigenvalue weighted by Gasteiger charge is -2.25. The Morgan fingerprint density at radius 2 is 1.90 bits per heavy atom. The number of thioether (sulfide) groups is 1. The second-order valence-corrected chi connectivity index (χ2v) is 8.76. The van der Waals surface area contributed by atoms with Crippen LogP contribution in [0.25, 0.3) is 5.69 Å². The van der Waals surface area contributed by atoms with E-state index in [9.17, 15) is 9.18 Å². The smallest absolute Gasteiger partial charge is 0.233 e. The molecular weight excluding hydrogens is 399 g/mol. The number of hydrogen-bond acceptors (Lipinski definition) is 4. The van der Waals surface area contributed by atoms with E-state index in [-0.39, 0.29) is 17.8 Å². The summed E-state index contributed by atoms with van der Waals surface area (Å²) in [5.41, 5.74) is 3.24. The van der Waals surface area contributed by atoms with E-state index in [0.29, 0.717) is 16.8 Å². The van der Waals surface area contributed by atoms with Crippen LogP contribution >= 0.6 is 11.8 Å². The normalized spacial score (nSPS) is 16.4. The highest BCUT2D eigenvalue weighted by Crippen LogP contribution is 2.33. The highest BCUT2D eigenvalue weighted by molar-refractivity contribution is 7.99. The highest BCUT2D eigenvalue weighted by Gasteiger charge is 2.30. The van der Waals surface area contributed by atoms with Crippen molar-refractivity contribution in [2.24, 2.45) is 0 Å². The quantitative estimate of drug-likeness (QED) is 0.524. The summed E-state index contributed by atoms with van der Waals surface area (Å²) in [4.78, 5) is 14.8. The molecule has 1 saturated heterocycles. The third kappa shape index (κ3) is 4.41. The fourth-order valence-corrected chi connectivity index (χ4v) is 4.64. The van der Waals surface area contributed by atoms with Crippen LogP contribution in [0.1, 0.15) is 49.8 Å². The number of carbonyl (C=O) groups excluding carboxylic acids is 1. The van der Waals surface area contributed by atoms with Crippen LogP contribution in [0.3, 0.4) is 0 Å². The van der Waals surface area contributed by atoms with E-state index in [1.165, 1.54) is 29.5 Å². The zero-order valence-electron chi connectivity index (χ0n) is 17.2. The summed E-state index contributed by atoms with van der Waals surface area (Å²) in [5, 5.41) is 8.93. The Hall–Kier alpha value is -2.67. The van der Waals surface area contributed by atoms with Crippen LogP contribution in [0.15, 0.2) is 60.0 Å². The van der Waals surface area contributed by atoms with Gasteiger partial charge in [0.05, 0.1) is 11.8 Å². The molecule has 1 amide bonds. The zero-order valence-corrected chi connectivity index (χ0v) is 18.0. The largest absolute Gasteiger partial charge is 0.335 e. The number of nitrogens with zero attached hydrogens (tertiary/aromatic N) is 4. The van der Waals surface area contributed by atoms with Crippen molar-refractivity contribution >= 4 is 17.7 Å². The molecule has 156 valence electrons. The Balaban J connectivity index is 1.43. The predicted molar refractivity (Wildman–Crippen MR) is 116 cm³/mol. The van der Waals surface area contributed by atoms with Crippen molar-refractivity contribution in [1.29, 1.82) is 0 Å². The summed E-state index contributed by atoms with van der Waals surface area (Å²) in [5.74, 6) is 0.573. The van der Waals surface area contributed by atoms with Gasteiger partial charge < -0.3 is 4.90 Å². The lowest BCUT2D eigenvalue weighted by atomic mass is 10.0. The van der Waals surface area contributed by atoms with Gasteiger partial charge in [0, 0.05) is 12.2 Å². The van der Waals surface area contributed by atoms with Gasteiger partial charge in [0.2, 0.25) is 5.91 Å². The molecule has 2 heterocycles. The number of benzene rings is 2. The van der Waals surface area contributed by atoms with Crippen molar-refractivity contribution in [1.82, 2.24) is 19.7 Å². The van der Waals surface area contributed by atoms with E-state index in [4.69, 9.17) is 0 Å². The first-order valence-electron chi connectivity index (χ1n) is 10.2. The van der Waals surface area contributed by atoms with Crippen LogP contribution in [-0.4, -0.2) is 37.9 Å². The van der Waals surface area contributed by atoms with Crippen molar-refractivity contribution in [2.75, 3.05) is 12.3 Å². The molecule has 1 fully saturated rings. The minimum atomic E-state index is -0.258. The van der Waals surface area contributed by atoms with E-state index in [1.54, 1.807) is 18.5 Å². The van der Waals surface area contributed by atoms with Gasteiger partial charge in [0.1, 0.15) is 12.1 Å². The van der Waals surface area contributed by atoms with Crippen LogP contribution in [0.2, 0.25) is 0 Å².